The van der Waals surface area contributed by atoms with Crippen molar-refractivity contribution in [3.63, 3.8) is 0 Å². The van der Waals surface area contributed by atoms with Gasteiger partial charge in [-0.3, -0.25) is 9.52 Å². The van der Waals surface area contributed by atoms with E-state index < -0.39 is 38.1 Å². The van der Waals surface area contributed by atoms with Crippen molar-refractivity contribution < 1.29 is 31.5 Å². The SMILES string of the molecule is C[C@@H]1CN([C@H](C)CO)C(=O)c2cccc(NS(=O)(=O)c3cccs3)c2O[C@H]1CN(C)S(=O)(=O)c1ccccc1. The molecule has 1 aliphatic rings. The summed E-state index contributed by atoms with van der Waals surface area (Å²) in [6.45, 7) is 3.36. The molecule has 1 amide bonds. The molecule has 0 saturated carbocycles. The number of sulfonamides is 2. The smallest absolute Gasteiger partial charge is 0.271 e. The number of para-hydroxylation sites is 1. The van der Waals surface area contributed by atoms with Crippen LogP contribution in [0.15, 0.2) is 75.1 Å². The summed E-state index contributed by atoms with van der Waals surface area (Å²) in [5.74, 6) is -0.814. The van der Waals surface area contributed by atoms with Crippen molar-refractivity contribution in [1.29, 1.82) is 0 Å². The number of fused-ring (bicyclic) bond motifs is 1. The topological polar surface area (TPSA) is 133 Å². The molecule has 210 valence electrons. The van der Waals surface area contributed by atoms with Gasteiger partial charge in [0, 0.05) is 19.5 Å². The van der Waals surface area contributed by atoms with Gasteiger partial charge in [-0.15, -0.1) is 11.3 Å². The quantitative estimate of drug-likeness (QED) is 0.390. The second kappa shape index (κ2) is 11.6. The van der Waals surface area contributed by atoms with Gasteiger partial charge in [0.25, 0.3) is 15.9 Å². The van der Waals surface area contributed by atoms with Crippen molar-refractivity contribution >= 4 is 43.0 Å². The van der Waals surface area contributed by atoms with Crippen molar-refractivity contribution in [3.05, 3.63) is 71.6 Å². The fraction of sp³-hybridized carbons (Fsp3) is 0.346. The zero-order chi connectivity index (χ0) is 28.4. The van der Waals surface area contributed by atoms with Crippen LogP contribution in [0.1, 0.15) is 24.2 Å². The maximum atomic E-state index is 13.6. The highest BCUT2D eigenvalue weighted by Crippen LogP contribution is 2.36. The van der Waals surface area contributed by atoms with E-state index in [1.54, 1.807) is 42.6 Å². The minimum Gasteiger partial charge on any atom is -0.486 e. The fourth-order valence-electron chi connectivity index (χ4n) is 4.28. The third-order valence-corrected chi connectivity index (χ3v) is 11.2. The van der Waals surface area contributed by atoms with Gasteiger partial charge < -0.3 is 14.7 Å². The number of carbonyl (C=O) groups excluding carboxylic acids is 1. The standard InChI is InChI=1S/C26H31N3O7S3/c1-18-15-29(19(2)17-30)26(31)21-11-7-12-22(27-38(32,33)24-13-8-14-37-24)25(21)36-23(18)16-28(3)39(34,35)20-9-5-4-6-10-20/h4-14,18-19,23,27,30H,15-17H2,1-3H3/t18-,19-,23+/m1/s1. The normalized spacial score (nSPS) is 19.1. The van der Waals surface area contributed by atoms with E-state index in [1.165, 1.54) is 46.6 Å². The first-order valence-electron chi connectivity index (χ1n) is 12.2. The Morgan fingerprint density at radius 1 is 1.10 bits per heavy atom. The van der Waals surface area contributed by atoms with Gasteiger partial charge in [-0.2, -0.15) is 4.31 Å². The fourth-order valence-corrected chi connectivity index (χ4v) is 7.54. The maximum Gasteiger partial charge on any atom is 0.271 e. The summed E-state index contributed by atoms with van der Waals surface area (Å²) in [5, 5.41) is 11.5. The Morgan fingerprint density at radius 3 is 2.46 bits per heavy atom. The number of rotatable bonds is 9. The molecule has 1 aliphatic heterocycles. The minimum atomic E-state index is -3.97. The molecule has 1 aromatic heterocycles. The van der Waals surface area contributed by atoms with Gasteiger partial charge in [0.2, 0.25) is 10.0 Å². The van der Waals surface area contributed by atoms with Crippen molar-refractivity contribution in [2.75, 3.05) is 31.5 Å². The van der Waals surface area contributed by atoms with Crippen molar-refractivity contribution in [3.8, 4) is 5.75 Å². The summed E-state index contributed by atoms with van der Waals surface area (Å²) in [6.07, 6.45) is -0.763. The van der Waals surface area contributed by atoms with Crippen molar-refractivity contribution in [1.82, 2.24) is 9.21 Å². The molecule has 10 nitrogen and oxygen atoms in total. The molecule has 4 rings (SSSR count). The maximum absolute atomic E-state index is 13.6. The largest absolute Gasteiger partial charge is 0.486 e. The van der Waals surface area contributed by atoms with Crippen LogP contribution in [-0.4, -0.2) is 75.9 Å². The molecular formula is C26H31N3O7S3. The number of hydrogen-bond donors (Lipinski definition) is 2. The number of hydrogen-bond acceptors (Lipinski definition) is 8. The summed E-state index contributed by atoms with van der Waals surface area (Å²) < 4.78 is 62.7. The van der Waals surface area contributed by atoms with Crippen molar-refractivity contribution in [2.24, 2.45) is 5.92 Å². The Morgan fingerprint density at radius 2 is 1.82 bits per heavy atom. The van der Waals surface area contributed by atoms with E-state index in [9.17, 15) is 26.7 Å². The first-order valence-corrected chi connectivity index (χ1v) is 16.0. The van der Waals surface area contributed by atoms with Crippen LogP contribution in [-0.2, 0) is 20.0 Å². The van der Waals surface area contributed by atoms with Crippen LogP contribution in [0.4, 0.5) is 5.69 Å². The molecular weight excluding hydrogens is 563 g/mol. The van der Waals surface area contributed by atoms with Crippen LogP contribution in [0.5, 0.6) is 5.75 Å². The van der Waals surface area contributed by atoms with Gasteiger partial charge in [0.05, 0.1) is 35.3 Å². The lowest BCUT2D eigenvalue weighted by molar-refractivity contribution is 0.0389. The number of ether oxygens (including phenoxy) is 1. The van der Waals surface area contributed by atoms with Crippen LogP contribution in [0.3, 0.4) is 0 Å². The second-order valence-electron chi connectivity index (χ2n) is 9.44. The first-order chi connectivity index (χ1) is 18.5. The molecule has 0 bridgehead atoms. The van der Waals surface area contributed by atoms with Gasteiger partial charge in [0.1, 0.15) is 10.3 Å². The highest BCUT2D eigenvalue weighted by Gasteiger charge is 2.36. The van der Waals surface area contributed by atoms with E-state index in [-0.39, 0.29) is 51.7 Å². The van der Waals surface area contributed by atoms with E-state index in [0.29, 0.717) is 0 Å². The summed E-state index contributed by atoms with van der Waals surface area (Å²) >= 11 is 1.04. The number of nitrogens with zero attached hydrogens (tertiary/aromatic N) is 2. The monoisotopic (exact) mass is 593 g/mol. The van der Waals surface area contributed by atoms with Gasteiger partial charge in [0.15, 0.2) is 5.75 Å². The number of anilines is 1. The van der Waals surface area contributed by atoms with Gasteiger partial charge in [-0.25, -0.2) is 16.8 Å². The third kappa shape index (κ3) is 6.12. The molecule has 3 atom stereocenters. The molecule has 3 aromatic rings. The number of likely N-dealkylation sites (N-methyl/N-ethyl adjacent to an activating group) is 1. The molecule has 13 heteroatoms. The summed E-state index contributed by atoms with van der Waals surface area (Å²) in [5.41, 5.74) is 0.158. The molecule has 0 unspecified atom stereocenters. The molecule has 0 radical (unpaired) electrons. The minimum absolute atomic E-state index is 0.000157. The number of nitrogens with one attached hydrogen (secondary N) is 1. The first kappa shape index (κ1) is 29.0. The number of benzene rings is 2. The summed E-state index contributed by atoms with van der Waals surface area (Å²) in [6, 6.07) is 15.1. The van der Waals surface area contributed by atoms with E-state index in [0.717, 1.165) is 11.3 Å². The Kier molecular flexibility index (Phi) is 8.66. The van der Waals surface area contributed by atoms with E-state index >= 15 is 0 Å². The number of aliphatic hydroxyl groups excluding tert-OH is 1. The van der Waals surface area contributed by atoms with Crippen LogP contribution < -0.4 is 9.46 Å². The highest BCUT2D eigenvalue weighted by molar-refractivity contribution is 7.94. The lowest BCUT2D eigenvalue weighted by Crippen LogP contribution is -2.50. The van der Waals surface area contributed by atoms with E-state index in [1.807, 2.05) is 6.92 Å². The average Bonchev–Trinajstić information content (AvgIpc) is 3.47. The van der Waals surface area contributed by atoms with Crippen LogP contribution in [0, 0.1) is 5.92 Å². The Hall–Kier alpha value is -2.97. The molecule has 0 spiro atoms. The number of thiophene rings is 1. The Balaban J connectivity index is 1.76. The predicted octanol–water partition coefficient (Wildman–Crippen LogP) is 3.09. The lowest BCUT2D eigenvalue weighted by atomic mass is 9.99. The summed E-state index contributed by atoms with van der Waals surface area (Å²) in [7, 11) is -6.38. The molecule has 0 saturated heterocycles. The number of amides is 1. The molecule has 2 heterocycles. The van der Waals surface area contributed by atoms with E-state index in [4.69, 9.17) is 4.74 Å². The molecule has 2 aromatic carbocycles. The Bertz CT molecular complexity index is 1510. The van der Waals surface area contributed by atoms with E-state index in [2.05, 4.69) is 4.72 Å². The van der Waals surface area contributed by atoms with Gasteiger partial charge >= 0.3 is 0 Å². The molecule has 0 fully saturated rings. The third-order valence-electron chi connectivity index (χ3n) is 6.58. The Labute approximate surface area is 232 Å². The van der Waals surface area contributed by atoms with Crippen molar-refractivity contribution in [2.45, 2.75) is 35.1 Å². The van der Waals surface area contributed by atoms with Crippen LogP contribution in [0.25, 0.3) is 0 Å². The zero-order valence-corrected chi connectivity index (χ0v) is 24.2. The molecule has 2 N–H and O–H groups in total. The molecule has 39 heavy (non-hydrogen) atoms. The van der Waals surface area contributed by atoms with Crippen LogP contribution in [0.2, 0.25) is 0 Å². The predicted molar refractivity (Wildman–Crippen MR) is 149 cm³/mol. The molecule has 0 aliphatic carbocycles. The summed E-state index contributed by atoms with van der Waals surface area (Å²) in [4.78, 5) is 15.2. The average molecular weight is 594 g/mol. The zero-order valence-electron chi connectivity index (χ0n) is 21.7. The van der Waals surface area contributed by atoms with Gasteiger partial charge in [-0.1, -0.05) is 37.3 Å². The van der Waals surface area contributed by atoms with Gasteiger partial charge in [-0.05, 0) is 42.6 Å². The van der Waals surface area contributed by atoms with Crippen LogP contribution >= 0.6 is 11.3 Å². The number of carbonyl (C=O) groups is 1. The second-order valence-corrected chi connectivity index (χ2v) is 14.3. The lowest BCUT2D eigenvalue weighted by Gasteiger charge is -2.38. The highest BCUT2D eigenvalue weighted by atomic mass is 32.2. The number of aliphatic hydroxyl groups is 1.